The van der Waals surface area contributed by atoms with Crippen molar-refractivity contribution in [3.05, 3.63) is 12.7 Å². The summed E-state index contributed by atoms with van der Waals surface area (Å²) in [6.07, 6.45) is 1.60. The van der Waals surface area contributed by atoms with Crippen LogP contribution in [0.4, 0.5) is 0 Å². The van der Waals surface area contributed by atoms with E-state index < -0.39 is 17.4 Å². The van der Waals surface area contributed by atoms with E-state index in [1.54, 1.807) is 0 Å². The fourth-order valence-electron chi connectivity index (χ4n) is 0.976. The summed E-state index contributed by atoms with van der Waals surface area (Å²) in [5, 5.41) is 0. The van der Waals surface area contributed by atoms with Crippen LogP contribution in [0.5, 0.6) is 0 Å². The molecular formula is C8H18O3Si2. The van der Waals surface area contributed by atoms with Crippen LogP contribution in [0.3, 0.4) is 0 Å². The second-order valence-corrected chi connectivity index (χ2v) is 10.6. The van der Waals surface area contributed by atoms with Gasteiger partial charge in [-0.25, -0.2) is 4.79 Å². The highest BCUT2D eigenvalue weighted by Gasteiger charge is 2.25. The predicted octanol–water partition coefficient (Wildman–Crippen LogP) is 1.46. The second kappa shape index (κ2) is 5.36. The Morgan fingerprint density at radius 1 is 1.54 bits per heavy atom. The highest BCUT2D eigenvalue weighted by molar-refractivity contribution is 6.77. The Labute approximate surface area is 82.6 Å². The van der Waals surface area contributed by atoms with Crippen molar-refractivity contribution in [2.45, 2.75) is 26.2 Å². The van der Waals surface area contributed by atoms with Gasteiger partial charge in [0.15, 0.2) is 9.04 Å². The van der Waals surface area contributed by atoms with Crippen molar-refractivity contribution in [2.75, 3.05) is 6.23 Å². The minimum absolute atomic E-state index is 0.366. The van der Waals surface area contributed by atoms with Crippen LogP contribution in [0.15, 0.2) is 12.7 Å². The van der Waals surface area contributed by atoms with E-state index in [0.29, 0.717) is 6.23 Å². The molecule has 0 aromatic heterocycles. The first kappa shape index (κ1) is 12.6. The summed E-state index contributed by atoms with van der Waals surface area (Å²) in [5.41, 5.74) is 0. The lowest BCUT2D eigenvalue weighted by molar-refractivity contribution is -0.136. The highest BCUT2D eigenvalue weighted by atomic mass is 28.4. The zero-order chi connectivity index (χ0) is 10.5. The third-order valence-corrected chi connectivity index (χ3v) is 6.56. The molecule has 0 fully saturated rings. The maximum atomic E-state index is 10.8. The van der Waals surface area contributed by atoms with Crippen LogP contribution < -0.4 is 0 Å². The fourth-order valence-corrected chi connectivity index (χ4v) is 6.84. The SMILES string of the molecule is C=CC(=O)OC[Si](C)(C)O[SiH](C)C. The zero-order valence-electron chi connectivity index (χ0n) is 8.79. The standard InChI is InChI=1S/C8H18O3Si2/c1-6-8(9)10-7-13(4,5)11-12(2)3/h6,12H,1,7H2,2-5H3. The van der Waals surface area contributed by atoms with E-state index in [9.17, 15) is 4.79 Å². The molecule has 0 heterocycles. The first-order valence-corrected chi connectivity index (χ1v) is 10.2. The van der Waals surface area contributed by atoms with Gasteiger partial charge in [-0.05, 0) is 26.2 Å². The number of hydrogen-bond acceptors (Lipinski definition) is 3. The van der Waals surface area contributed by atoms with E-state index in [1.165, 1.54) is 6.08 Å². The number of hydrogen-bond donors (Lipinski definition) is 0. The Balaban J connectivity index is 3.88. The molecule has 0 saturated carbocycles. The first-order valence-electron chi connectivity index (χ1n) is 4.34. The van der Waals surface area contributed by atoms with Gasteiger partial charge in [0.2, 0.25) is 8.32 Å². The summed E-state index contributed by atoms with van der Waals surface area (Å²) in [5.74, 6) is -0.366. The average Bonchev–Trinajstić information content (AvgIpc) is 1.98. The normalized spacial score (nSPS) is 11.5. The van der Waals surface area contributed by atoms with E-state index in [0.717, 1.165) is 0 Å². The van der Waals surface area contributed by atoms with Crippen LogP contribution in [-0.4, -0.2) is 29.6 Å². The monoisotopic (exact) mass is 218 g/mol. The van der Waals surface area contributed by atoms with E-state index >= 15 is 0 Å². The van der Waals surface area contributed by atoms with Crippen LogP contribution in [0, 0.1) is 0 Å². The van der Waals surface area contributed by atoms with Gasteiger partial charge < -0.3 is 8.85 Å². The average molecular weight is 218 g/mol. The van der Waals surface area contributed by atoms with Crippen molar-refractivity contribution in [3.63, 3.8) is 0 Å². The Kier molecular flexibility index (Phi) is 5.20. The maximum Gasteiger partial charge on any atom is 0.329 e. The quantitative estimate of drug-likeness (QED) is 0.398. The van der Waals surface area contributed by atoms with Crippen molar-refractivity contribution in [1.29, 1.82) is 0 Å². The Morgan fingerprint density at radius 3 is 2.46 bits per heavy atom. The van der Waals surface area contributed by atoms with Crippen molar-refractivity contribution < 1.29 is 13.6 Å². The van der Waals surface area contributed by atoms with Gasteiger partial charge in [-0.1, -0.05) is 6.58 Å². The van der Waals surface area contributed by atoms with Gasteiger partial charge in [0.25, 0.3) is 0 Å². The molecule has 0 amide bonds. The number of rotatable bonds is 5. The van der Waals surface area contributed by atoms with E-state index in [2.05, 4.69) is 32.8 Å². The molecule has 0 aliphatic carbocycles. The first-order chi connectivity index (χ1) is 5.87. The number of ether oxygens (including phenoxy) is 1. The van der Waals surface area contributed by atoms with Crippen LogP contribution in [0.25, 0.3) is 0 Å². The van der Waals surface area contributed by atoms with Gasteiger partial charge in [-0.15, -0.1) is 0 Å². The molecule has 0 atom stereocenters. The van der Waals surface area contributed by atoms with Crippen LogP contribution >= 0.6 is 0 Å². The number of carbonyl (C=O) groups excluding carboxylic acids is 1. The Bertz CT molecular complexity index is 190. The fraction of sp³-hybridized carbons (Fsp3) is 0.625. The summed E-state index contributed by atoms with van der Waals surface area (Å²) in [7, 11) is -2.80. The lowest BCUT2D eigenvalue weighted by Crippen LogP contribution is -2.41. The molecule has 13 heavy (non-hydrogen) atoms. The third-order valence-electron chi connectivity index (χ3n) is 1.28. The molecule has 0 bridgehead atoms. The summed E-state index contributed by atoms with van der Waals surface area (Å²) in [6, 6.07) is 0. The summed E-state index contributed by atoms with van der Waals surface area (Å²) >= 11 is 0. The topological polar surface area (TPSA) is 35.5 Å². The summed E-state index contributed by atoms with van der Waals surface area (Å²) in [6.45, 7) is 11.7. The van der Waals surface area contributed by atoms with Gasteiger partial charge in [-0.2, -0.15) is 0 Å². The summed E-state index contributed by atoms with van der Waals surface area (Å²) < 4.78 is 10.8. The minimum Gasteiger partial charge on any atom is -0.463 e. The van der Waals surface area contributed by atoms with Gasteiger partial charge >= 0.3 is 5.97 Å². The molecule has 0 aromatic rings. The van der Waals surface area contributed by atoms with Crippen molar-refractivity contribution in [3.8, 4) is 0 Å². The zero-order valence-corrected chi connectivity index (χ0v) is 10.9. The molecule has 0 aliphatic rings. The highest BCUT2D eigenvalue weighted by Crippen LogP contribution is 2.06. The number of carbonyl (C=O) groups is 1. The third kappa shape index (κ3) is 6.74. The molecule has 0 saturated heterocycles. The van der Waals surface area contributed by atoms with E-state index in [-0.39, 0.29) is 5.97 Å². The largest absolute Gasteiger partial charge is 0.463 e. The van der Waals surface area contributed by atoms with Crippen molar-refractivity contribution >= 4 is 23.3 Å². The van der Waals surface area contributed by atoms with Crippen molar-refractivity contribution in [1.82, 2.24) is 0 Å². The van der Waals surface area contributed by atoms with Gasteiger partial charge in [0, 0.05) is 6.08 Å². The van der Waals surface area contributed by atoms with Crippen LogP contribution in [0.1, 0.15) is 0 Å². The molecule has 5 heteroatoms. The Morgan fingerprint density at radius 2 is 2.08 bits per heavy atom. The van der Waals surface area contributed by atoms with Gasteiger partial charge in [0.1, 0.15) is 6.23 Å². The van der Waals surface area contributed by atoms with Gasteiger partial charge in [-0.3, -0.25) is 0 Å². The molecule has 3 nitrogen and oxygen atoms in total. The molecule has 0 aromatic carbocycles. The van der Waals surface area contributed by atoms with Crippen LogP contribution in [-0.2, 0) is 13.6 Å². The van der Waals surface area contributed by atoms with E-state index in [4.69, 9.17) is 8.85 Å². The molecule has 76 valence electrons. The second-order valence-electron chi connectivity index (χ2n) is 3.74. The lowest BCUT2D eigenvalue weighted by Gasteiger charge is -2.24. The molecule has 0 aliphatic heterocycles. The molecule has 0 N–H and O–H groups in total. The van der Waals surface area contributed by atoms with Gasteiger partial charge in [0.05, 0.1) is 0 Å². The molecular weight excluding hydrogens is 200 g/mol. The predicted molar refractivity (Wildman–Crippen MR) is 58.6 cm³/mol. The molecule has 0 rings (SSSR count). The van der Waals surface area contributed by atoms with E-state index in [1.807, 2.05) is 0 Å². The molecule has 0 spiro atoms. The minimum atomic E-state index is -1.77. The number of esters is 1. The van der Waals surface area contributed by atoms with Crippen LogP contribution in [0.2, 0.25) is 26.2 Å². The summed E-state index contributed by atoms with van der Waals surface area (Å²) in [4.78, 5) is 10.8. The lowest BCUT2D eigenvalue weighted by atomic mass is 10.7. The Hall–Kier alpha value is -0.396. The maximum absolute atomic E-state index is 10.8. The molecule has 0 unspecified atom stereocenters. The molecule has 0 radical (unpaired) electrons. The smallest absolute Gasteiger partial charge is 0.329 e. The van der Waals surface area contributed by atoms with Crippen molar-refractivity contribution in [2.24, 2.45) is 0 Å².